The molecule has 0 fully saturated rings. The molecule has 0 unspecified atom stereocenters. The number of fused-ring (bicyclic) bond motifs is 1. The fourth-order valence-electron chi connectivity index (χ4n) is 3.06. The van der Waals surface area contributed by atoms with Gasteiger partial charge in [0.2, 0.25) is 5.88 Å². The lowest BCUT2D eigenvalue weighted by Gasteiger charge is -2.15. The van der Waals surface area contributed by atoms with Gasteiger partial charge in [-0.05, 0) is 41.3 Å². The monoisotopic (exact) mass is 359 g/mol. The van der Waals surface area contributed by atoms with E-state index in [1.807, 2.05) is 62.4 Å². The fraction of sp³-hybridized carbons (Fsp3) is 0.227. The minimum Gasteiger partial charge on any atom is -0.494 e. The molecule has 27 heavy (non-hydrogen) atoms. The van der Waals surface area contributed by atoms with Crippen LogP contribution in [0.2, 0.25) is 0 Å². The second kappa shape index (κ2) is 7.46. The highest BCUT2D eigenvalue weighted by Crippen LogP contribution is 2.24. The van der Waals surface area contributed by atoms with Crippen molar-refractivity contribution in [2.45, 2.75) is 27.3 Å². The summed E-state index contributed by atoms with van der Waals surface area (Å²) in [6.45, 7) is 5.87. The van der Waals surface area contributed by atoms with E-state index in [4.69, 9.17) is 0 Å². The largest absolute Gasteiger partial charge is 0.494 e. The molecule has 0 aliphatic heterocycles. The number of aliphatic imine (C=N–C) groups is 1. The molecule has 1 aromatic heterocycles. The third-order valence-corrected chi connectivity index (χ3v) is 4.47. The van der Waals surface area contributed by atoms with E-state index in [0.29, 0.717) is 17.7 Å². The van der Waals surface area contributed by atoms with Crippen LogP contribution in [-0.4, -0.2) is 15.9 Å². The van der Waals surface area contributed by atoms with E-state index in [9.17, 15) is 15.2 Å². The summed E-state index contributed by atoms with van der Waals surface area (Å²) in [5.74, 6) is -0.0112. The van der Waals surface area contributed by atoms with Crippen molar-refractivity contribution < 1.29 is 5.11 Å². The van der Waals surface area contributed by atoms with Crippen LogP contribution in [0.15, 0.2) is 52.3 Å². The zero-order chi connectivity index (χ0) is 19.6. The second-order valence-electron chi connectivity index (χ2n) is 6.95. The van der Waals surface area contributed by atoms with E-state index < -0.39 is 5.56 Å². The van der Waals surface area contributed by atoms with E-state index >= 15 is 0 Å². The van der Waals surface area contributed by atoms with E-state index in [2.05, 4.69) is 4.99 Å². The average Bonchev–Trinajstić information content (AvgIpc) is 2.65. The van der Waals surface area contributed by atoms with Gasteiger partial charge in [-0.2, -0.15) is 5.26 Å². The third-order valence-electron chi connectivity index (χ3n) is 4.47. The Morgan fingerprint density at radius 1 is 1.22 bits per heavy atom. The number of hydrogen-bond donors (Lipinski definition) is 1. The lowest BCUT2D eigenvalue weighted by atomic mass is 10.1. The molecule has 136 valence electrons. The summed E-state index contributed by atoms with van der Waals surface area (Å²) in [6, 6.07) is 15.8. The van der Waals surface area contributed by atoms with E-state index in [0.717, 1.165) is 16.5 Å². The van der Waals surface area contributed by atoms with Crippen LogP contribution in [0.4, 0.5) is 5.69 Å². The Morgan fingerprint density at radius 3 is 2.59 bits per heavy atom. The molecule has 3 rings (SSSR count). The zero-order valence-corrected chi connectivity index (χ0v) is 15.6. The Morgan fingerprint density at radius 2 is 1.93 bits per heavy atom. The van der Waals surface area contributed by atoms with Crippen LogP contribution >= 0.6 is 0 Å². The van der Waals surface area contributed by atoms with Gasteiger partial charge in [0.05, 0.1) is 11.3 Å². The molecule has 0 aliphatic rings. The Balaban J connectivity index is 2.11. The third kappa shape index (κ3) is 3.61. The molecule has 0 spiro atoms. The second-order valence-corrected chi connectivity index (χ2v) is 6.95. The van der Waals surface area contributed by atoms with Gasteiger partial charge >= 0.3 is 0 Å². The first-order valence-electron chi connectivity index (χ1n) is 8.81. The number of hydrogen-bond acceptors (Lipinski definition) is 4. The van der Waals surface area contributed by atoms with Gasteiger partial charge in [0.1, 0.15) is 11.6 Å². The molecular formula is C22H21N3O2. The van der Waals surface area contributed by atoms with Gasteiger partial charge in [-0.15, -0.1) is 0 Å². The van der Waals surface area contributed by atoms with Crippen LogP contribution in [0.3, 0.4) is 0 Å². The summed E-state index contributed by atoms with van der Waals surface area (Å²) in [7, 11) is 0. The number of aromatic nitrogens is 1. The highest BCUT2D eigenvalue weighted by atomic mass is 16.3. The summed E-state index contributed by atoms with van der Waals surface area (Å²) in [6.07, 6.45) is 1.52. The van der Waals surface area contributed by atoms with Crippen LogP contribution in [0.5, 0.6) is 5.88 Å². The van der Waals surface area contributed by atoms with Gasteiger partial charge in [0.15, 0.2) is 0 Å². The van der Waals surface area contributed by atoms with Crippen LogP contribution < -0.4 is 5.56 Å². The number of aromatic hydroxyl groups is 1. The molecule has 5 nitrogen and oxygen atoms in total. The van der Waals surface area contributed by atoms with Gasteiger partial charge in [0, 0.05) is 12.8 Å². The molecule has 0 bridgehead atoms. The van der Waals surface area contributed by atoms with Crippen LogP contribution in [0.1, 0.15) is 30.5 Å². The summed E-state index contributed by atoms with van der Waals surface area (Å²) in [4.78, 5) is 16.9. The molecule has 3 aromatic rings. The van der Waals surface area contributed by atoms with Crippen LogP contribution in [0.25, 0.3) is 10.8 Å². The van der Waals surface area contributed by atoms with Gasteiger partial charge in [-0.1, -0.05) is 44.2 Å². The maximum Gasteiger partial charge on any atom is 0.271 e. The first-order chi connectivity index (χ1) is 12.9. The Labute approximate surface area is 157 Å². The predicted octanol–water partition coefficient (Wildman–Crippen LogP) is 4.29. The summed E-state index contributed by atoms with van der Waals surface area (Å²) in [5, 5.41) is 22.2. The predicted molar refractivity (Wildman–Crippen MR) is 108 cm³/mol. The minimum atomic E-state index is -0.468. The highest BCUT2D eigenvalue weighted by Gasteiger charge is 2.18. The Hall–Kier alpha value is -3.39. The van der Waals surface area contributed by atoms with Crippen molar-refractivity contribution in [1.82, 2.24) is 4.57 Å². The lowest BCUT2D eigenvalue weighted by molar-refractivity contribution is 0.381. The molecule has 1 heterocycles. The van der Waals surface area contributed by atoms with Crippen molar-refractivity contribution in [3.8, 4) is 11.9 Å². The quantitative estimate of drug-likeness (QED) is 0.706. The molecule has 0 aliphatic carbocycles. The summed E-state index contributed by atoms with van der Waals surface area (Å²) >= 11 is 0. The first kappa shape index (κ1) is 18.4. The van der Waals surface area contributed by atoms with Gasteiger partial charge in [0.25, 0.3) is 5.56 Å². The lowest BCUT2D eigenvalue weighted by Crippen LogP contribution is -2.27. The van der Waals surface area contributed by atoms with Crippen molar-refractivity contribution in [3.05, 3.63) is 69.5 Å². The molecule has 2 aromatic carbocycles. The first-order valence-corrected chi connectivity index (χ1v) is 8.81. The number of nitrogens with zero attached hydrogens (tertiary/aromatic N) is 3. The van der Waals surface area contributed by atoms with E-state index in [-0.39, 0.29) is 17.4 Å². The van der Waals surface area contributed by atoms with Crippen molar-refractivity contribution in [2.75, 3.05) is 0 Å². The maximum atomic E-state index is 12.5. The number of rotatable bonds is 4. The maximum absolute atomic E-state index is 12.5. The van der Waals surface area contributed by atoms with Crippen molar-refractivity contribution >= 4 is 22.7 Å². The molecule has 0 saturated carbocycles. The summed E-state index contributed by atoms with van der Waals surface area (Å²) < 4.78 is 1.25. The van der Waals surface area contributed by atoms with Crippen LogP contribution in [0, 0.1) is 24.2 Å². The summed E-state index contributed by atoms with van der Waals surface area (Å²) in [5.41, 5.74) is 1.12. The highest BCUT2D eigenvalue weighted by molar-refractivity contribution is 5.90. The van der Waals surface area contributed by atoms with Crippen LogP contribution in [-0.2, 0) is 6.54 Å². The van der Waals surface area contributed by atoms with E-state index in [1.165, 1.54) is 10.8 Å². The zero-order valence-electron chi connectivity index (χ0n) is 15.6. The van der Waals surface area contributed by atoms with Crippen molar-refractivity contribution in [2.24, 2.45) is 10.9 Å². The topological polar surface area (TPSA) is 78.4 Å². The minimum absolute atomic E-state index is 0.0356. The van der Waals surface area contributed by atoms with Gasteiger partial charge in [-0.3, -0.25) is 14.4 Å². The molecule has 5 heteroatoms. The smallest absolute Gasteiger partial charge is 0.271 e. The molecule has 0 radical (unpaired) electrons. The standard InChI is InChI=1S/C22H21N3O2/c1-14(2)13-25-21(26)19(11-23)15(3)20(22(25)27)12-24-18-9-8-16-6-4-5-7-17(16)10-18/h4-10,12,14,27H,13H2,1-3H3. The van der Waals surface area contributed by atoms with Crippen molar-refractivity contribution in [1.29, 1.82) is 5.26 Å². The average molecular weight is 359 g/mol. The molecule has 0 amide bonds. The fourth-order valence-corrected chi connectivity index (χ4v) is 3.06. The normalized spacial score (nSPS) is 11.4. The molecular weight excluding hydrogens is 338 g/mol. The number of nitriles is 1. The Kier molecular flexibility index (Phi) is 5.09. The van der Waals surface area contributed by atoms with Crippen molar-refractivity contribution in [3.63, 3.8) is 0 Å². The van der Waals surface area contributed by atoms with Gasteiger partial charge in [-0.25, -0.2) is 0 Å². The SMILES string of the molecule is Cc1c(C=Nc2ccc3ccccc3c2)c(O)n(CC(C)C)c(=O)c1C#N. The molecule has 1 N–H and O–H groups in total. The molecule has 0 atom stereocenters. The number of benzene rings is 2. The number of pyridine rings is 1. The van der Waals surface area contributed by atoms with Gasteiger partial charge < -0.3 is 5.11 Å². The molecule has 0 saturated heterocycles. The Bertz CT molecular complexity index is 1130. The van der Waals surface area contributed by atoms with E-state index in [1.54, 1.807) is 6.92 Å².